The monoisotopic (exact) mass is 453 g/mol. The second kappa shape index (κ2) is 9.33. The number of carbonyl (C=O) groups is 3. The number of aliphatic hydroxyl groups excluding tert-OH is 1. The van der Waals surface area contributed by atoms with Crippen molar-refractivity contribution in [3.05, 3.63) is 64.7 Å². The molecule has 1 fully saturated rings. The number of nitrogens with zero attached hydrogens (tertiary/aromatic N) is 1. The molecule has 2 aliphatic heterocycles. The predicted molar refractivity (Wildman–Crippen MR) is 116 cm³/mol. The van der Waals surface area contributed by atoms with E-state index < -0.39 is 23.7 Å². The number of ether oxygens (including phenoxy) is 4. The largest absolute Gasteiger partial charge is 0.507 e. The Morgan fingerprint density at radius 2 is 1.70 bits per heavy atom. The van der Waals surface area contributed by atoms with Gasteiger partial charge in [-0.25, -0.2) is 4.79 Å². The summed E-state index contributed by atoms with van der Waals surface area (Å²) in [5.74, 6) is -1.40. The van der Waals surface area contributed by atoms with Crippen LogP contribution in [0.3, 0.4) is 0 Å². The lowest BCUT2D eigenvalue weighted by Crippen LogP contribution is -2.32. The molecule has 1 atom stereocenters. The molecule has 2 aliphatic rings. The number of amides is 1. The van der Waals surface area contributed by atoms with Crippen molar-refractivity contribution in [1.82, 2.24) is 4.90 Å². The third-order valence-corrected chi connectivity index (χ3v) is 5.54. The van der Waals surface area contributed by atoms with E-state index in [-0.39, 0.29) is 24.5 Å². The Balaban J connectivity index is 1.80. The van der Waals surface area contributed by atoms with Crippen LogP contribution in [0.1, 0.15) is 27.5 Å². The molecule has 9 heteroatoms. The average Bonchev–Trinajstić information content (AvgIpc) is 3.11. The van der Waals surface area contributed by atoms with E-state index in [9.17, 15) is 19.5 Å². The van der Waals surface area contributed by atoms with E-state index >= 15 is 0 Å². The van der Waals surface area contributed by atoms with Crippen LogP contribution < -0.4 is 9.47 Å². The molecule has 0 bridgehead atoms. The second-order valence-corrected chi connectivity index (χ2v) is 7.46. The van der Waals surface area contributed by atoms with Gasteiger partial charge in [-0.05, 0) is 35.9 Å². The van der Waals surface area contributed by atoms with Crippen molar-refractivity contribution < 1.29 is 38.4 Å². The van der Waals surface area contributed by atoms with E-state index in [0.29, 0.717) is 41.4 Å². The number of hydrogen-bond acceptors (Lipinski definition) is 8. The molecule has 2 aromatic carbocycles. The lowest BCUT2D eigenvalue weighted by atomic mass is 9.94. The number of carbonyl (C=O) groups excluding carboxylic acids is 3. The standard InChI is InChI=1S/C24H23NO8/c1-30-10-9-25-20(14-3-5-15(6-4-14)24(29)31-2)19(22(27)23(25)28)21(26)16-7-8-17-18(13-16)33-12-11-32-17/h3-8,13,20,26H,9-12H2,1-2H3/b21-19+/t20-/m1/s1. The zero-order valence-electron chi connectivity index (χ0n) is 18.2. The Hall–Kier alpha value is -3.85. The summed E-state index contributed by atoms with van der Waals surface area (Å²) < 4.78 is 20.9. The fourth-order valence-electron chi connectivity index (χ4n) is 3.91. The van der Waals surface area contributed by atoms with E-state index in [1.54, 1.807) is 42.5 Å². The molecule has 2 aromatic rings. The number of Topliss-reactive ketones (excluding diaryl/α,β-unsaturated/α-hetero) is 1. The molecule has 0 radical (unpaired) electrons. The smallest absolute Gasteiger partial charge is 0.337 e. The van der Waals surface area contributed by atoms with Gasteiger partial charge >= 0.3 is 5.97 Å². The van der Waals surface area contributed by atoms with Crippen molar-refractivity contribution >= 4 is 23.4 Å². The normalized spacial score (nSPS) is 19.0. The zero-order chi connectivity index (χ0) is 23.5. The van der Waals surface area contributed by atoms with E-state index in [1.165, 1.54) is 19.1 Å². The number of aliphatic hydroxyl groups is 1. The van der Waals surface area contributed by atoms with Crippen molar-refractivity contribution in [2.75, 3.05) is 40.6 Å². The maximum atomic E-state index is 13.0. The van der Waals surface area contributed by atoms with Gasteiger partial charge in [-0.15, -0.1) is 0 Å². The molecule has 33 heavy (non-hydrogen) atoms. The number of methoxy groups -OCH3 is 2. The number of benzene rings is 2. The van der Waals surface area contributed by atoms with Crippen molar-refractivity contribution in [3.8, 4) is 11.5 Å². The molecule has 0 aliphatic carbocycles. The summed E-state index contributed by atoms with van der Waals surface area (Å²) in [5, 5.41) is 11.1. The molecular weight excluding hydrogens is 430 g/mol. The van der Waals surface area contributed by atoms with Crippen LogP contribution in [0.2, 0.25) is 0 Å². The summed E-state index contributed by atoms with van der Waals surface area (Å²) >= 11 is 0. The quantitative estimate of drug-likeness (QED) is 0.307. The second-order valence-electron chi connectivity index (χ2n) is 7.46. The van der Waals surface area contributed by atoms with Crippen LogP contribution in [0.4, 0.5) is 0 Å². The van der Waals surface area contributed by atoms with Crippen molar-refractivity contribution in [2.24, 2.45) is 0 Å². The first-order chi connectivity index (χ1) is 16.0. The van der Waals surface area contributed by atoms with Gasteiger partial charge in [0.1, 0.15) is 19.0 Å². The highest BCUT2D eigenvalue weighted by atomic mass is 16.6. The molecule has 4 rings (SSSR count). The van der Waals surface area contributed by atoms with Crippen LogP contribution in [0.25, 0.3) is 5.76 Å². The Morgan fingerprint density at radius 3 is 2.36 bits per heavy atom. The van der Waals surface area contributed by atoms with Gasteiger partial charge in [0.25, 0.3) is 11.7 Å². The molecule has 0 aromatic heterocycles. The Morgan fingerprint density at radius 1 is 1.03 bits per heavy atom. The Kier molecular flexibility index (Phi) is 6.32. The first-order valence-electron chi connectivity index (χ1n) is 10.3. The molecular formula is C24H23NO8. The number of esters is 1. The number of likely N-dealkylation sites (tertiary alicyclic amines) is 1. The summed E-state index contributed by atoms with van der Waals surface area (Å²) in [5.41, 5.74) is 1.14. The van der Waals surface area contributed by atoms with Gasteiger partial charge in [0.15, 0.2) is 11.5 Å². The molecule has 2 heterocycles. The lowest BCUT2D eigenvalue weighted by Gasteiger charge is -2.25. The lowest BCUT2D eigenvalue weighted by molar-refractivity contribution is -0.140. The van der Waals surface area contributed by atoms with Gasteiger partial charge in [-0.2, -0.15) is 0 Å². The van der Waals surface area contributed by atoms with Crippen LogP contribution in [0.5, 0.6) is 11.5 Å². The maximum absolute atomic E-state index is 13.0. The highest BCUT2D eigenvalue weighted by molar-refractivity contribution is 6.46. The summed E-state index contributed by atoms with van der Waals surface area (Å²) in [6.45, 7) is 1.13. The molecule has 1 saturated heterocycles. The molecule has 0 spiro atoms. The van der Waals surface area contributed by atoms with Crippen molar-refractivity contribution in [2.45, 2.75) is 6.04 Å². The first kappa shape index (κ1) is 22.3. The topological polar surface area (TPSA) is 112 Å². The van der Waals surface area contributed by atoms with E-state index in [2.05, 4.69) is 0 Å². The van der Waals surface area contributed by atoms with Gasteiger partial charge in [-0.3, -0.25) is 9.59 Å². The first-order valence-corrected chi connectivity index (χ1v) is 10.3. The summed E-state index contributed by atoms with van der Waals surface area (Å²) in [6.07, 6.45) is 0. The van der Waals surface area contributed by atoms with Crippen LogP contribution in [0.15, 0.2) is 48.0 Å². The van der Waals surface area contributed by atoms with Gasteiger partial charge in [0, 0.05) is 19.2 Å². The average molecular weight is 453 g/mol. The highest BCUT2D eigenvalue weighted by Crippen LogP contribution is 2.41. The van der Waals surface area contributed by atoms with E-state index in [0.717, 1.165) is 0 Å². The molecule has 9 nitrogen and oxygen atoms in total. The predicted octanol–water partition coefficient (Wildman–Crippen LogP) is 2.31. The molecule has 1 N–H and O–H groups in total. The molecule has 0 unspecified atom stereocenters. The van der Waals surface area contributed by atoms with E-state index in [1.807, 2.05) is 0 Å². The number of rotatable bonds is 6. The van der Waals surface area contributed by atoms with Crippen LogP contribution in [0, 0.1) is 0 Å². The zero-order valence-corrected chi connectivity index (χ0v) is 18.2. The summed E-state index contributed by atoms with van der Waals surface area (Å²) in [7, 11) is 2.77. The van der Waals surface area contributed by atoms with E-state index in [4.69, 9.17) is 18.9 Å². The Bertz CT molecular complexity index is 1120. The van der Waals surface area contributed by atoms with Crippen LogP contribution >= 0.6 is 0 Å². The van der Waals surface area contributed by atoms with Gasteiger partial charge in [0.05, 0.1) is 30.9 Å². The number of ketones is 1. The highest BCUT2D eigenvalue weighted by Gasteiger charge is 2.46. The molecule has 172 valence electrons. The SMILES string of the molecule is COCCN1C(=O)C(=O)/C(=C(/O)c2ccc3c(c2)OCCO3)[C@H]1c1ccc(C(=O)OC)cc1. The minimum Gasteiger partial charge on any atom is -0.507 e. The molecule has 1 amide bonds. The van der Waals surface area contributed by atoms with Gasteiger partial charge < -0.3 is 29.0 Å². The fourth-order valence-corrected chi connectivity index (χ4v) is 3.91. The van der Waals surface area contributed by atoms with Crippen molar-refractivity contribution in [1.29, 1.82) is 0 Å². The third kappa shape index (κ3) is 4.14. The minimum atomic E-state index is -0.861. The summed E-state index contributed by atoms with van der Waals surface area (Å²) in [6, 6.07) is 10.3. The maximum Gasteiger partial charge on any atom is 0.337 e. The minimum absolute atomic E-state index is 0.0569. The summed E-state index contributed by atoms with van der Waals surface area (Å²) in [4.78, 5) is 39.0. The van der Waals surface area contributed by atoms with Gasteiger partial charge in [-0.1, -0.05) is 12.1 Å². The number of hydrogen-bond donors (Lipinski definition) is 1. The van der Waals surface area contributed by atoms with Crippen molar-refractivity contribution in [3.63, 3.8) is 0 Å². The van der Waals surface area contributed by atoms with Crippen LogP contribution in [-0.2, 0) is 19.1 Å². The fraction of sp³-hybridized carbons (Fsp3) is 0.292. The number of fused-ring (bicyclic) bond motifs is 1. The molecule has 0 saturated carbocycles. The third-order valence-electron chi connectivity index (χ3n) is 5.54. The van der Waals surface area contributed by atoms with Gasteiger partial charge in [0.2, 0.25) is 0 Å². The van der Waals surface area contributed by atoms with Crippen LogP contribution in [-0.4, -0.2) is 68.3 Å². The Labute approximate surface area is 190 Å².